The average molecular weight is 265 g/mol. The molecular formula is C15H23NO3. The van der Waals surface area contributed by atoms with Crippen molar-refractivity contribution in [3.05, 3.63) is 23.7 Å². The number of hydrogen-bond donors (Lipinski definition) is 1. The Morgan fingerprint density at radius 2 is 2.16 bits per heavy atom. The molecule has 0 unspecified atom stereocenters. The fraction of sp³-hybridized carbons (Fsp3) is 0.667. The van der Waals surface area contributed by atoms with Crippen LogP contribution in [-0.4, -0.2) is 19.1 Å². The van der Waals surface area contributed by atoms with Crippen LogP contribution in [0.25, 0.3) is 0 Å². The van der Waals surface area contributed by atoms with Gasteiger partial charge in [0, 0.05) is 6.04 Å². The molecule has 0 spiro atoms. The molecule has 19 heavy (non-hydrogen) atoms. The predicted octanol–water partition coefficient (Wildman–Crippen LogP) is 3.12. The molecule has 106 valence electrons. The smallest absolute Gasteiger partial charge is 0.341 e. The molecule has 2 rings (SSSR count). The van der Waals surface area contributed by atoms with Crippen molar-refractivity contribution in [1.29, 1.82) is 0 Å². The van der Waals surface area contributed by atoms with E-state index in [2.05, 4.69) is 17.0 Å². The number of esters is 1. The van der Waals surface area contributed by atoms with Crippen molar-refractivity contribution in [3.8, 4) is 0 Å². The Balaban J connectivity index is 1.76. The average Bonchev–Trinajstić information content (AvgIpc) is 2.93. The van der Waals surface area contributed by atoms with Crippen LogP contribution in [0.1, 0.15) is 55.1 Å². The molecule has 4 nitrogen and oxygen atoms in total. The standard InChI is InChI=1S/C15H23NO3/c1-3-11-4-6-13(7-5-11)16-9-14-8-12(10-19-14)15(17)18-2/h8,10-11,13,16H,3-7,9H2,1-2H3. The van der Waals surface area contributed by atoms with Crippen molar-refractivity contribution in [2.24, 2.45) is 5.92 Å². The summed E-state index contributed by atoms with van der Waals surface area (Å²) >= 11 is 0. The highest BCUT2D eigenvalue weighted by Gasteiger charge is 2.20. The predicted molar refractivity (Wildman–Crippen MR) is 72.9 cm³/mol. The number of nitrogens with one attached hydrogen (secondary N) is 1. The third-order valence-corrected chi connectivity index (χ3v) is 4.06. The number of furan rings is 1. The van der Waals surface area contributed by atoms with E-state index in [-0.39, 0.29) is 5.97 Å². The zero-order valence-electron chi connectivity index (χ0n) is 11.8. The second-order valence-corrected chi connectivity index (χ2v) is 5.30. The second kappa shape index (κ2) is 6.75. The first-order valence-corrected chi connectivity index (χ1v) is 7.12. The summed E-state index contributed by atoms with van der Waals surface area (Å²) in [5, 5.41) is 3.51. The summed E-state index contributed by atoms with van der Waals surface area (Å²) in [6.07, 6.45) is 7.87. The molecule has 4 heteroatoms. The van der Waals surface area contributed by atoms with Crippen LogP contribution in [0.4, 0.5) is 0 Å². The van der Waals surface area contributed by atoms with Crippen LogP contribution in [0, 0.1) is 5.92 Å². The number of hydrogen-bond acceptors (Lipinski definition) is 4. The molecule has 1 heterocycles. The van der Waals surface area contributed by atoms with Crippen molar-refractivity contribution in [2.75, 3.05) is 7.11 Å². The first-order chi connectivity index (χ1) is 9.22. The lowest BCUT2D eigenvalue weighted by Crippen LogP contribution is -2.32. The molecule has 1 fully saturated rings. The van der Waals surface area contributed by atoms with Gasteiger partial charge in [-0.3, -0.25) is 0 Å². The van der Waals surface area contributed by atoms with Crippen LogP contribution >= 0.6 is 0 Å². The van der Waals surface area contributed by atoms with Crippen molar-refractivity contribution < 1.29 is 13.9 Å². The monoisotopic (exact) mass is 265 g/mol. The molecule has 1 saturated carbocycles. The first kappa shape index (κ1) is 14.1. The van der Waals surface area contributed by atoms with E-state index in [1.54, 1.807) is 6.07 Å². The van der Waals surface area contributed by atoms with Gasteiger partial charge in [-0.05, 0) is 37.7 Å². The second-order valence-electron chi connectivity index (χ2n) is 5.30. The summed E-state index contributed by atoms with van der Waals surface area (Å²) in [7, 11) is 1.37. The van der Waals surface area contributed by atoms with E-state index in [1.807, 2.05) is 0 Å². The molecule has 1 aromatic rings. The molecule has 1 N–H and O–H groups in total. The van der Waals surface area contributed by atoms with Crippen LogP contribution in [0.3, 0.4) is 0 Å². The fourth-order valence-electron chi connectivity index (χ4n) is 2.72. The van der Waals surface area contributed by atoms with Gasteiger partial charge in [0.05, 0.1) is 19.2 Å². The highest BCUT2D eigenvalue weighted by molar-refractivity contribution is 5.88. The molecule has 0 aromatic carbocycles. The molecule has 0 atom stereocenters. The number of methoxy groups -OCH3 is 1. The van der Waals surface area contributed by atoms with Crippen molar-refractivity contribution in [1.82, 2.24) is 5.32 Å². The van der Waals surface area contributed by atoms with E-state index >= 15 is 0 Å². The van der Waals surface area contributed by atoms with Gasteiger partial charge < -0.3 is 14.5 Å². The van der Waals surface area contributed by atoms with Gasteiger partial charge in [-0.15, -0.1) is 0 Å². The Bertz CT molecular complexity index is 405. The molecule has 1 aliphatic carbocycles. The minimum atomic E-state index is -0.349. The maximum Gasteiger partial charge on any atom is 0.341 e. The lowest BCUT2D eigenvalue weighted by molar-refractivity contribution is 0.0600. The van der Waals surface area contributed by atoms with Crippen molar-refractivity contribution in [2.45, 2.75) is 51.6 Å². The summed E-state index contributed by atoms with van der Waals surface area (Å²) in [6.45, 7) is 2.95. The topological polar surface area (TPSA) is 51.5 Å². The summed E-state index contributed by atoms with van der Waals surface area (Å²) < 4.78 is 10.0. The Kier molecular flexibility index (Phi) is 5.02. The third-order valence-electron chi connectivity index (χ3n) is 4.06. The van der Waals surface area contributed by atoms with Gasteiger partial charge in [0.1, 0.15) is 12.0 Å². The summed E-state index contributed by atoms with van der Waals surface area (Å²) in [4.78, 5) is 11.3. The molecule has 0 aliphatic heterocycles. The highest BCUT2D eigenvalue weighted by atomic mass is 16.5. The van der Waals surface area contributed by atoms with Crippen LogP contribution < -0.4 is 5.32 Å². The van der Waals surface area contributed by atoms with Crippen LogP contribution in [0.2, 0.25) is 0 Å². The molecule has 0 saturated heterocycles. The van der Waals surface area contributed by atoms with Crippen LogP contribution in [0.15, 0.2) is 16.7 Å². The van der Waals surface area contributed by atoms with Crippen molar-refractivity contribution in [3.63, 3.8) is 0 Å². The summed E-state index contributed by atoms with van der Waals surface area (Å²) in [6, 6.07) is 2.32. The SMILES string of the molecule is CCC1CCC(NCc2cc(C(=O)OC)co2)CC1. The Morgan fingerprint density at radius 1 is 1.42 bits per heavy atom. The van der Waals surface area contributed by atoms with E-state index in [0.29, 0.717) is 18.2 Å². The normalized spacial score (nSPS) is 23.3. The van der Waals surface area contributed by atoms with Gasteiger partial charge >= 0.3 is 5.97 Å². The van der Waals surface area contributed by atoms with Gasteiger partial charge in [0.2, 0.25) is 0 Å². The van der Waals surface area contributed by atoms with Crippen molar-refractivity contribution >= 4 is 5.97 Å². The van der Waals surface area contributed by atoms with Gasteiger partial charge in [-0.25, -0.2) is 4.79 Å². The van der Waals surface area contributed by atoms with Gasteiger partial charge in [-0.2, -0.15) is 0 Å². The van der Waals surface area contributed by atoms with E-state index in [4.69, 9.17) is 4.42 Å². The lowest BCUT2D eigenvalue weighted by Gasteiger charge is -2.28. The fourth-order valence-corrected chi connectivity index (χ4v) is 2.72. The Labute approximate surface area is 114 Å². The maximum absolute atomic E-state index is 11.3. The molecular weight excluding hydrogens is 242 g/mol. The van der Waals surface area contributed by atoms with Gasteiger partial charge in [0.15, 0.2) is 0 Å². The first-order valence-electron chi connectivity index (χ1n) is 7.12. The molecule has 1 aliphatic rings. The van der Waals surface area contributed by atoms with Crippen LogP contribution in [-0.2, 0) is 11.3 Å². The molecule has 0 amide bonds. The van der Waals surface area contributed by atoms with E-state index in [9.17, 15) is 4.79 Å². The minimum Gasteiger partial charge on any atom is -0.467 e. The molecule has 0 bridgehead atoms. The number of ether oxygens (including phenoxy) is 1. The zero-order chi connectivity index (χ0) is 13.7. The maximum atomic E-state index is 11.3. The minimum absolute atomic E-state index is 0.349. The zero-order valence-corrected chi connectivity index (χ0v) is 11.8. The van der Waals surface area contributed by atoms with E-state index in [1.165, 1.54) is 45.5 Å². The van der Waals surface area contributed by atoms with E-state index in [0.717, 1.165) is 11.7 Å². The van der Waals surface area contributed by atoms with Gasteiger partial charge in [-0.1, -0.05) is 13.3 Å². The highest BCUT2D eigenvalue weighted by Crippen LogP contribution is 2.26. The number of rotatable bonds is 5. The number of carbonyl (C=O) groups is 1. The number of carbonyl (C=O) groups excluding carboxylic acids is 1. The largest absolute Gasteiger partial charge is 0.467 e. The molecule has 0 radical (unpaired) electrons. The summed E-state index contributed by atoms with van der Waals surface area (Å²) in [5.41, 5.74) is 0.481. The van der Waals surface area contributed by atoms with Gasteiger partial charge in [0.25, 0.3) is 0 Å². The quantitative estimate of drug-likeness (QED) is 0.831. The Morgan fingerprint density at radius 3 is 2.79 bits per heavy atom. The Hall–Kier alpha value is -1.29. The van der Waals surface area contributed by atoms with E-state index < -0.39 is 0 Å². The van der Waals surface area contributed by atoms with Crippen LogP contribution in [0.5, 0.6) is 0 Å². The third kappa shape index (κ3) is 3.83. The lowest BCUT2D eigenvalue weighted by atomic mass is 9.84. The molecule has 1 aromatic heterocycles. The summed E-state index contributed by atoms with van der Waals surface area (Å²) in [5.74, 6) is 1.35.